The highest BCUT2D eigenvalue weighted by Gasteiger charge is 2.41. The van der Waals surface area contributed by atoms with Crippen molar-refractivity contribution in [1.82, 2.24) is 0 Å². The van der Waals surface area contributed by atoms with Crippen LogP contribution in [0.15, 0.2) is 22.7 Å². The van der Waals surface area contributed by atoms with Crippen LogP contribution in [-0.2, 0) is 0 Å². The highest BCUT2D eigenvalue weighted by atomic mass is 79.9. The zero-order valence-electron chi connectivity index (χ0n) is 7.69. The van der Waals surface area contributed by atoms with Crippen LogP contribution in [0, 0.1) is 0 Å². The van der Waals surface area contributed by atoms with E-state index in [0.717, 1.165) is 28.0 Å². The van der Waals surface area contributed by atoms with E-state index in [4.69, 9.17) is 17.3 Å². The standard InChI is InChI=1S/C10H12BrClN2/c11-8-5-7(1-2-9(8)12)14-10(6-13)3-4-10/h1-2,5,14H,3-4,6,13H2. The number of hydrogen-bond donors (Lipinski definition) is 2. The van der Waals surface area contributed by atoms with Crippen LogP contribution in [0.5, 0.6) is 0 Å². The van der Waals surface area contributed by atoms with E-state index in [1.807, 2.05) is 18.2 Å². The Morgan fingerprint density at radius 3 is 2.71 bits per heavy atom. The van der Waals surface area contributed by atoms with E-state index in [1.54, 1.807) is 0 Å². The molecule has 1 saturated carbocycles. The number of nitrogens with two attached hydrogens (primary N) is 1. The minimum Gasteiger partial charge on any atom is -0.378 e. The summed E-state index contributed by atoms with van der Waals surface area (Å²) in [7, 11) is 0. The quantitative estimate of drug-likeness (QED) is 0.890. The molecule has 1 aromatic rings. The first kappa shape index (κ1) is 10.3. The van der Waals surface area contributed by atoms with Crippen molar-refractivity contribution >= 4 is 33.2 Å². The highest BCUT2D eigenvalue weighted by Crippen LogP contribution is 2.38. The van der Waals surface area contributed by atoms with E-state index in [0.29, 0.717) is 6.54 Å². The lowest BCUT2D eigenvalue weighted by atomic mass is 10.2. The van der Waals surface area contributed by atoms with E-state index < -0.39 is 0 Å². The van der Waals surface area contributed by atoms with Crippen molar-refractivity contribution in [2.45, 2.75) is 18.4 Å². The van der Waals surface area contributed by atoms with Crippen LogP contribution in [-0.4, -0.2) is 12.1 Å². The molecule has 0 atom stereocenters. The third-order valence-electron chi connectivity index (χ3n) is 2.57. The molecule has 14 heavy (non-hydrogen) atoms. The first-order chi connectivity index (χ1) is 6.65. The van der Waals surface area contributed by atoms with Crippen molar-refractivity contribution in [3.05, 3.63) is 27.7 Å². The summed E-state index contributed by atoms with van der Waals surface area (Å²) in [4.78, 5) is 0. The first-order valence-electron chi connectivity index (χ1n) is 4.58. The predicted molar refractivity (Wildman–Crippen MR) is 63.8 cm³/mol. The number of nitrogens with one attached hydrogen (secondary N) is 1. The second-order valence-corrected chi connectivity index (χ2v) is 5.00. The first-order valence-corrected chi connectivity index (χ1v) is 5.76. The van der Waals surface area contributed by atoms with Crippen molar-refractivity contribution in [3.63, 3.8) is 0 Å². The Bertz CT molecular complexity index is 350. The molecule has 0 aromatic heterocycles. The van der Waals surface area contributed by atoms with Crippen LogP contribution in [0.2, 0.25) is 5.02 Å². The van der Waals surface area contributed by atoms with Crippen LogP contribution in [0.1, 0.15) is 12.8 Å². The van der Waals surface area contributed by atoms with Gasteiger partial charge < -0.3 is 11.1 Å². The number of rotatable bonds is 3. The SMILES string of the molecule is NCC1(Nc2ccc(Cl)c(Br)c2)CC1. The van der Waals surface area contributed by atoms with Gasteiger partial charge in [0.1, 0.15) is 0 Å². The molecule has 2 rings (SSSR count). The smallest absolute Gasteiger partial charge is 0.0549 e. The molecule has 1 aliphatic carbocycles. The third-order valence-corrected chi connectivity index (χ3v) is 3.79. The molecule has 0 aliphatic heterocycles. The predicted octanol–water partition coefficient (Wildman–Crippen LogP) is 3.01. The Labute approximate surface area is 96.9 Å². The van der Waals surface area contributed by atoms with Crippen molar-refractivity contribution in [3.8, 4) is 0 Å². The van der Waals surface area contributed by atoms with Crippen molar-refractivity contribution in [2.24, 2.45) is 5.73 Å². The maximum absolute atomic E-state index is 5.90. The maximum atomic E-state index is 5.90. The van der Waals surface area contributed by atoms with Crippen LogP contribution in [0.3, 0.4) is 0 Å². The molecule has 1 aliphatic rings. The number of benzene rings is 1. The molecule has 0 radical (unpaired) electrons. The summed E-state index contributed by atoms with van der Waals surface area (Å²) in [5, 5.41) is 4.16. The average Bonchev–Trinajstić information content (AvgIpc) is 2.93. The van der Waals surface area contributed by atoms with Gasteiger partial charge in [0.2, 0.25) is 0 Å². The van der Waals surface area contributed by atoms with Gasteiger partial charge in [-0.15, -0.1) is 0 Å². The second kappa shape index (κ2) is 3.72. The van der Waals surface area contributed by atoms with E-state index in [2.05, 4.69) is 21.2 Å². The summed E-state index contributed by atoms with van der Waals surface area (Å²) < 4.78 is 0.914. The van der Waals surface area contributed by atoms with Crippen molar-refractivity contribution in [1.29, 1.82) is 0 Å². The molecule has 1 aromatic carbocycles. The van der Waals surface area contributed by atoms with Gasteiger partial charge in [0.25, 0.3) is 0 Å². The van der Waals surface area contributed by atoms with Gasteiger partial charge in [0, 0.05) is 22.2 Å². The number of hydrogen-bond acceptors (Lipinski definition) is 2. The molecule has 76 valence electrons. The fourth-order valence-electron chi connectivity index (χ4n) is 1.41. The Hall–Kier alpha value is -0.250. The van der Waals surface area contributed by atoms with Gasteiger partial charge in [0.05, 0.1) is 5.02 Å². The summed E-state index contributed by atoms with van der Waals surface area (Å²) >= 11 is 9.29. The monoisotopic (exact) mass is 274 g/mol. The van der Waals surface area contributed by atoms with Gasteiger partial charge >= 0.3 is 0 Å². The Morgan fingerprint density at radius 2 is 2.21 bits per heavy atom. The molecule has 0 unspecified atom stereocenters. The topological polar surface area (TPSA) is 38.0 Å². The highest BCUT2D eigenvalue weighted by molar-refractivity contribution is 9.10. The van der Waals surface area contributed by atoms with Crippen molar-refractivity contribution in [2.75, 3.05) is 11.9 Å². The van der Waals surface area contributed by atoms with Crippen LogP contribution < -0.4 is 11.1 Å². The molecular formula is C10H12BrClN2. The van der Waals surface area contributed by atoms with Crippen LogP contribution in [0.4, 0.5) is 5.69 Å². The van der Waals surface area contributed by atoms with E-state index in [-0.39, 0.29) is 5.54 Å². The minimum absolute atomic E-state index is 0.146. The Morgan fingerprint density at radius 1 is 1.50 bits per heavy atom. The summed E-state index contributed by atoms with van der Waals surface area (Å²) in [5.41, 5.74) is 6.90. The molecule has 3 N–H and O–H groups in total. The fraction of sp³-hybridized carbons (Fsp3) is 0.400. The number of anilines is 1. The minimum atomic E-state index is 0.146. The molecule has 0 amide bonds. The zero-order valence-corrected chi connectivity index (χ0v) is 10.0. The summed E-state index contributed by atoms with van der Waals surface area (Å²) in [5.74, 6) is 0. The lowest BCUT2D eigenvalue weighted by Gasteiger charge is -2.16. The molecule has 0 heterocycles. The molecule has 0 bridgehead atoms. The largest absolute Gasteiger partial charge is 0.378 e. The summed E-state index contributed by atoms with van der Waals surface area (Å²) in [6.07, 6.45) is 2.31. The third kappa shape index (κ3) is 2.05. The Balaban J connectivity index is 2.14. The van der Waals surface area contributed by atoms with Gasteiger partial charge in [-0.2, -0.15) is 0 Å². The van der Waals surface area contributed by atoms with Gasteiger partial charge in [0.15, 0.2) is 0 Å². The number of halogens is 2. The second-order valence-electron chi connectivity index (χ2n) is 3.74. The summed E-state index contributed by atoms with van der Waals surface area (Å²) in [6.45, 7) is 0.688. The van der Waals surface area contributed by atoms with Gasteiger partial charge in [-0.05, 0) is 47.0 Å². The van der Waals surface area contributed by atoms with E-state index >= 15 is 0 Å². The average molecular weight is 276 g/mol. The lowest BCUT2D eigenvalue weighted by Crippen LogP contribution is -2.30. The molecule has 1 fully saturated rings. The van der Waals surface area contributed by atoms with Crippen molar-refractivity contribution < 1.29 is 0 Å². The summed E-state index contributed by atoms with van der Waals surface area (Å²) in [6, 6.07) is 5.83. The zero-order chi connectivity index (χ0) is 10.2. The van der Waals surface area contributed by atoms with Crippen LogP contribution in [0.25, 0.3) is 0 Å². The maximum Gasteiger partial charge on any atom is 0.0549 e. The van der Waals surface area contributed by atoms with E-state index in [9.17, 15) is 0 Å². The van der Waals surface area contributed by atoms with E-state index in [1.165, 1.54) is 0 Å². The lowest BCUT2D eigenvalue weighted by molar-refractivity contribution is 0.742. The molecular weight excluding hydrogens is 263 g/mol. The normalized spacial score (nSPS) is 17.9. The van der Waals surface area contributed by atoms with Gasteiger partial charge in [-0.3, -0.25) is 0 Å². The Kier molecular flexibility index (Phi) is 2.73. The molecule has 4 heteroatoms. The molecule has 0 spiro atoms. The van der Waals surface area contributed by atoms with Gasteiger partial charge in [-0.25, -0.2) is 0 Å². The fourth-order valence-corrected chi connectivity index (χ4v) is 1.91. The van der Waals surface area contributed by atoms with Crippen LogP contribution >= 0.6 is 27.5 Å². The molecule has 2 nitrogen and oxygen atoms in total. The molecule has 0 saturated heterocycles. The van der Waals surface area contributed by atoms with Gasteiger partial charge in [-0.1, -0.05) is 11.6 Å².